The number of nitrogens with zero attached hydrogens (tertiary/aromatic N) is 4. The van der Waals surface area contributed by atoms with Gasteiger partial charge in [0.1, 0.15) is 5.82 Å². The van der Waals surface area contributed by atoms with Crippen LogP contribution in [0.2, 0.25) is 0 Å². The molecule has 0 bridgehead atoms. The molecule has 2 aromatic rings. The molecule has 0 atom stereocenters. The normalized spacial score (nSPS) is 17.8. The first-order valence-corrected chi connectivity index (χ1v) is 9.22. The second kappa shape index (κ2) is 8.37. The monoisotopic (exact) mass is 466 g/mol. The lowest BCUT2D eigenvalue weighted by Gasteiger charge is -2.19. The summed E-state index contributed by atoms with van der Waals surface area (Å²) in [5, 5.41) is 15.5. The quantitative estimate of drug-likeness (QED) is 0.404. The second-order valence-corrected chi connectivity index (χ2v) is 7.07. The molecule has 0 amide bonds. The molecule has 6 nitrogen and oxygen atoms in total. The van der Waals surface area contributed by atoms with Gasteiger partial charge in [-0.2, -0.15) is 0 Å². The maximum absolute atomic E-state index is 4.36. The van der Waals surface area contributed by atoms with Crippen LogP contribution in [0.5, 0.6) is 0 Å². The molecular formula is C19H27IN6. The summed E-state index contributed by atoms with van der Waals surface area (Å²) in [6, 6.07) is 10.8. The van der Waals surface area contributed by atoms with Crippen LogP contribution in [0, 0.1) is 0 Å². The van der Waals surface area contributed by atoms with E-state index in [4.69, 9.17) is 0 Å². The average molecular weight is 466 g/mol. The Labute approximate surface area is 171 Å². The Hall–Kier alpha value is -1.64. The lowest BCUT2D eigenvalue weighted by molar-refractivity contribution is 0.504. The predicted octanol–water partition coefficient (Wildman–Crippen LogP) is 2.63. The Morgan fingerprint density at radius 3 is 2.69 bits per heavy atom. The van der Waals surface area contributed by atoms with Gasteiger partial charge in [0, 0.05) is 32.0 Å². The molecule has 1 aromatic carbocycles. The van der Waals surface area contributed by atoms with Gasteiger partial charge in [0.15, 0.2) is 11.8 Å². The number of hydrogen-bond donors (Lipinski definition) is 2. The van der Waals surface area contributed by atoms with E-state index in [0.717, 1.165) is 37.1 Å². The molecule has 1 aliphatic heterocycles. The van der Waals surface area contributed by atoms with Crippen LogP contribution in [-0.4, -0.2) is 34.3 Å². The topological polar surface area (TPSA) is 67.1 Å². The number of halogens is 1. The van der Waals surface area contributed by atoms with Gasteiger partial charge < -0.3 is 15.2 Å². The summed E-state index contributed by atoms with van der Waals surface area (Å²) >= 11 is 0. The van der Waals surface area contributed by atoms with Gasteiger partial charge >= 0.3 is 0 Å². The number of fused-ring (bicyclic) bond motifs is 1. The van der Waals surface area contributed by atoms with E-state index in [0.29, 0.717) is 6.54 Å². The van der Waals surface area contributed by atoms with Gasteiger partial charge in [-0.1, -0.05) is 30.3 Å². The van der Waals surface area contributed by atoms with Crippen molar-refractivity contribution in [3.63, 3.8) is 0 Å². The van der Waals surface area contributed by atoms with Crippen molar-refractivity contribution in [1.29, 1.82) is 0 Å². The minimum Gasteiger partial charge on any atom is -0.356 e. The van der Waals surface area contributed by atoms with E-state index in [1.165, 1.54) is 31.2 Å². The molecule has 0 saturated heterocycles. The zero-order chi connectivity index (χ0) is 17.1. The van der Waals surface area contributed by atoms with Crippen LogP contribution in [0.1, 0.15) is 42.9 Å². The Kier molecular flexibility index (Phi) is 6.16. The highest BCUT2D eigenvalue weighted by molar-refractivity contribution is 14.0. The van der Waals surface area contributed by atoms with Crippen LogP contribution in [0.4, 0.5) is 0 Å². The molecule has 2 aliphatic rings. The van der Waals surface area contributed by atoms with E-state index in [9.17, 15) is 0 Å². The summed E-state index contributed by atoms with van der Waals surface area (Å²) in [6.07, 6.45) is 5.94. The lowest BCUT2D eigenvalue weighted by Crippen LogP contribution is -2.41. The highest BCUT2D eigenvalue weighted by Crippen LogP contribution is 2.47. The molecule has 4 rings (SSSR count). The number of guanidine groups is 1. The summed E-state index contributed by atoms with van der Waals surface area (Å²) in [5.74, 6) is 2.95. The van der Waals surface area contributed by atoms with Crippen molar-refractivity contribution < 1.29 is 0 Å². The molecular weight excluding hydrogens is 439 g/mol. The van der Waals surface area contributed by atoms with Crippen molar-refractivity contribution in [2.75, 3.05) is 13.6 Å². The van der Waals surface area contributed by atoms with Crippen LogP contribution >= 0.6 is 24.0 Å². The van der Waals surface area contributed by atoms with Crippen LogP contribution < -0.4 is 10.6 Å². The SMILES string of the molecule is CN=C(NCc1nnc2n1CCCC2)NCC1(c2ccccc2)CC1.I. The Morgan fingerprint density at radius 1 is 1.15 bits per heavy atom. The molecule has 1 saturated carbocycles. The van der Waals surface area contributed by atoms with Gasteiger partial charge in [0.25, 0.3) is 0 Å². The van der Waals surface area contributed by atoms with Crippen molar-refractivity contribution in [3.05, 3.63) is 47.5 Å². The Bertz CT molecular complexity index is 751. The molecule has 1 aliphatic carbocycles. The van der Waals surface area contributed by atoms with Crippen LogP contribution in [0.25, 0.3) is 0 Å². The zero-order valence-electron chi connectivity index (χ0n) is 15.2. The number of aliphatic imine (C=N–C) groups is 1. The summed E-state index contributed by atoms with van der Waals surface area (Å²) < 4.78 is 2.25. The smallest absolute Gasteiger partial charge is 0.191 e. The fourth-order valence-corrected chi connectivity index (χ4v) is 3.65. The fraction of sp³-hybridized carbons (Fsp3) is 0.526. The van der Waals surface area contributed by atoms with E-state index in [-0.39, 0.29) is 29.4 Å². The highest BCUT2D eigenvalue weighted by atomic mass is 127. The second-order valence-electron chi connectivity index (χ2n) is 7.07. The van der Waals surface area contributed by atoms with Gasteiger partial charge in [0.2, 0.25) is 0 Å². The lowest BCUT2D eigenvalue weighted by atomic mass is 9.96. The van der Waals surface area contributed by atoms with Crippen molar-refractivity contribution in [3.8, 4) is 0 Å². The Morgan fingerprint density at radius 2 is 1.96 bits per heavy atom. The summed E-state index contributed by atoms with van der Waals surface area (Å²) in [4.78, 5) is 4.36. The van der Waals surface area contributed by atoms with Gasteiger partial charge in [0.05, 0.1) is 6.54 Å². The van der Waals surface area contributed by atoms with E-state index in [2.05, 4.69) is 60.7 Å². The van der Waals surface area contributed by atoms with Crippen molar-refractivity contribution >= 4 is 29.9 Å². The molecule has 1 fully saturated rings. The van der Waals surface area contributed by atoms with Gasteiger partial charge in [-0.05, 0) is 31.2 Å². The van der Waals surface area contributed by atoms with E-state index in [1.807, 2.05) is 7.05 Å². The molecule has 140 valence electrons. The van der Waals surface area contributed by atoms with E-state index >= 15 is 0 Å². The van der Waals surface area contributed by atoms with E-state index in [1.54, 1.807) is 0 Å². The number of nitrogens with one attached hydrogen (secondary N) is 2. The zero-order valence-corrected chi connectivity index (χ0v) is 17.6. The van der Waals surface area contributed by atoms with Crippen LogP contribution in [0.15, 0.2) is 35.3 Å². The van der Waals surface area contributed by atoms with E-state index < -0.39 is 0 Å². The van der Waals surface area contributed by atoms with Gasteiger partial charge in [-0.25, -0.2) is 0 Å². The fourth-order valence-electron chi connectivity index (χ4n) is 3.65. The van der Waals surface area contributed by atoms with Crippen molar-refractivity contribution in [2.45, 2.75) is 50.6 Å². The van der Waals surface area contributed by atoms with Gasteiger partial charge in [-0.15, -0.1) is 34.2 Å². The third-order valence-corrected chi connectivity index (χ3v) is 5.41. The molecule has 0 radical (unpaired) electrons. The Balaban J connectivity index is 0.00000196. The summed E-state index contributed by atoms with van der Waals surface area (Å²) in [5.41, 5.74) is 1.69. The number of aromatic nitrogens is 3. The number of rotatable bonds is 5. The standard InChI is InChI=1S/C19H26N6.HI/c1-20-18(21-13-17-24-23-16-9-5-6-12-25(16)17)22-14-19(10-11-19)15-7-3-2-4-8-15;/h2-4,7-8H,5-6,9-14H2,1H3,(H2,20,21,22);1H. The molecule has 26 heavy (non-hydrogen) atoms. The number of aryl methyl sites for hydroxylation is 1. The first-order valence-electron chi connectivity index (χ1n) is 9.22. The summed E-state index contributed by atoms with van der Waals surface area (Å²) in [7, 11) is 1.82. The molecule has 2 N–H and O–H groups in total. The molecule has 1 aromatic heterocycles. The van der Waals surface area contributed by atoms with Gasteiger partial charge in [-0.3, -0.25) is 4.99 Å². The largest absolute Gasteiger partial charge is 0.356 e. The highest BCUT2D eigenvalue weighted by Gasteiger charge is 2.44. The summed E-state index contributed by atoms with van der Waals surface area (Å²) in [6.45, 7) is 2.60. The first-order chi connectivity index (χ1) is 12.3. The minimum absolute atomic E-state index is 0. The van der Waals surface area contributed by atoms with Crippen molar-refractivity contribution in [1.82, 2.24) is 25.4 Å². The van der Waals surface area contributed by atoms with Crippen LogP contribution in [-0.2, 0) is 24.9 Å². The van der Waals surface area contributed by atoms with Crippen LogP contribution in [0.3, 0.4) is 0 Å². The molecule has 0 unspecified atom stereocenters. The molecule has 2 heterocycles. The average Bonchev–Trinajstić information content (AvgIpc) is 3.36. The first kappa shape index (κ1) is 19.1. The van der Waals surface area contributed by atoms with Crippen molar-refractivity contribution in [2.24, 2.45) is 4.99 Å². The molecule has 0 spiro atoms. The third kappa shape index (κ3) is 4.02. The number of benzene rings is 1. The maximum Gasteiger partial charge on any atom is 0.191 e. The number of hydrogen-bond acceptors (Lipinski definition) is 3. The minimum atomic E-state index is 0. The predicted molar refractivity (Wildman–Crippen MR) is 114 cm³/mol. The molecule has 7 heteroatoms. The third-order valence-electron chi connectivity index (χ3n) is 5.41. The maximum atomic E-state index is 4.36.